The van der Waals surface area contributed by atoms with Gasteiger partial charge in [-0.05, 0) is 17.7 Å². The van der Waals surface area contributed by atoms with Crippen LogP contribution in [0.15, 0.2) is 29.3 Å². The third-order valence-electron chi connectivity index (χ3n) is 1.48. The zero-order valence-corrected chi connectivity index (χ0v) is 7.32. The van der Waals surface area contributed by atoms with Gasteiger partial charge in [0.05, 0.1) is 11.6 Å². The first kappa shape index (κ1) is 9.47. The molecule has 0 radical (unpaired) electrons. The topological polar surface area (TPSA) is 53.2 Å². The van der Waals surface area contributed by atoms with Crippen molar-refractivity contribution in [2.24, 2.45) is 4.99 Å². The summed E-state index contributed by atoms with van der Waals surface area (Å²) in [6.07, 6.45) is 1.37. The van der Waals surface area contributed by atoms with E-state index < -0.39 is 5.50 Å². The lowest BCUT2D eigenvalue weighted by atomic mass is 10.1. The summed E-state index contributed by atoms with van der Waals surface area (Å²) >= 11 is 5.69. The number of rotatable bonds is 2. The smallest absolute Gasteiger partial charge is 0.211 e. The summed E-state index contributed by atoms with van der Waals surface area (Å²) in [5, 5.41) is 8.50. The summed E-state index contributed by atoms with van der Waals surface area (Å²) in [5.74, 6) is 0. The van der Waals surface area contributed by atoms with Gasteiger partial charge in [-0.2, -0.15) is 10.3 Å². The number of carbonyl (C=O) groups excluding carboxylic acids is 1. The Bertz CT molecular complexity index is 374. The van der Waals surface area contributed by atoms with E-state index in [9.17, 15) is 4.79 Å². The number of aliphatic imine (C=N–C) groups is 1. The van der Waals surface area contributed by atoms with Gasteiger partial charge >= 0.3 is 0 Å². The number of hydrogen-bond acceptors (Lipinski definition) is 3. The fraction of sp³-hybridized carbons (Fsp3) is 0.111. The average molecular weight is 193 g/mol. The predicted molar refractivity (Wildman–Crippen MR) is 47.9 cm³/mol. The van der Waals surface area contributed by atoms with Crippen LogP contribution in [0.3, 0.4) is 0 Å². The lowest BCUT2D eigenvalue weighted by Gasteiger charge is -2.00. The number of benzene rings is 1. The van der Waals surface area contributed by atoms with E-state index in [0.717, 1.165) is 0 Å². The minimum atomic E-state index is -0.717. The van der Waals surface area contributed by atoms with Crippen LogP contribution in [0.25, 0.3) is 0 Å². The van der Waals surface area contributed by atoms with Crippen molar-refractivity contribution in [3.63, 3.8) is 0 Å². The van der Waals surface area contributed by atoms with Crippen LogP contribution in [-0.2, 0) is 4.79 Å². The molecular weight excluding hydrogens is 188 g/mol. The van der Waals surface area contributed by atoms with E-state index in [1.54, 1.807) is 24.3 Å². The van der Waals surface area contributed by atoms with Gasteiger partial charge in [0.2, 0.25) is 6.08 Å². The highest BCUT2D eigenvalue weighted by atomic mass is 35.5. The van der Waals surface area contributed by atoms with Crippen molar-refractivity contribution in [3.8, 4) is 6.07 Å². The molecule has 1 rings (SSSR count). The van der Waals surface area contributed by atoms with Gasteiger partial charge < -0.3 is 0 Å². The maximum atomic E-state index is 9.88. The third kappa shape index (κ3) is 2.41. The van der Waals surface area contributed by atoms with Gasteiger partial charge in [-0.15, -0.1) is 0 Å². The lowest BCUT2D eigenvalue weighted by Crippen LogP contribution is -1.85. The quantitative estimate of drug-likeness (QED) is 0.312. The van der Waals surface area contributed by atoms with E-state index in [-0.39, 0.29) is 0 Å². The maximum Gasteiger partial charge on any atom is 0.236 e. The molecule has 0 amide bonds. The zero-order chi connectivity index (χ0) is 9.68. The Hall–Kier alpha value is -1.62. The number of halogens is 1. The zero-order valence-electron chi connectivity index (χ0n) is 6.57. The molecule has 4 heteroatoms. The second-order valence-corrected chi connectivity index (χ2v) is 2.70. The van der Waals surface area contributed by atoms with Crippen LogP contribution in [0, 0.1) is 11.3 Å². The maximum absolute atomic E-state index is 9.88. The molecule has 0 spiro atoms. The van der Waals surface area contributed by atoms with Gasteiger partial charge in [-0.3, -0.25) is 0 Å². The highest BCUT2D eigenvalue weighted by Gasteiger charge is 2.04. The molecule has 0 saturated heterocycles. The van der Waals surface area contributed by atoms with Crippen LogP contribution in [0.2, 0.25) is 0 Å². The summed E-state index contributed by atoms with van der Waals surface area (Å²) < 4.78 is 0. The average Bonchev–Trinajstić information content (AvgIpc) is 2.18. The Balaban J connectivity index is 2.93. The molecule has 0 bridgehead atoms. The molecule has 1 aromatic carbocycles. The summed E-state index contributed by atoms with van der Waals surface area (Å²) in [4.78, 5) is 13.2. The first-order chi connectivity index (χ1) is 6.27. The molecule has 64 valence electrons. The normalized spacial score (nSPS) is 11.1. The van der Waals surface area contributed by atoms with Gasteiger partial charge in [0.1, 0.15) is 0 Å². The van der Waals surface area contributed by atoms with Crippen molar-refractivity contribution < 1.29 is 4.79 Å². The van der Waals surface area contributed by atoms with Crippen molar-refractivity contribution >= 4 is 17.7 Å². The second-order valence-electron chi connectivity index (χ2n) is 2.29. The van der Waals surface area contributed by atoms with Gasteiger partial charge in [0.25, 0.3) is 0 Å². The third-order valence-corrected chi connectivity index (χ3v) is 1.83. The minimum absolute atomic E-state index is 0.544. The van der Waals surface area contributed by atoms with Crippen molar-refractivity contribution in [2.45, 2.75) is 5.50 Å². The Morgan fingerprint density at radius 3 is 2.46 bits per heavy atom. The molecule has 0 heterocycles. The van der Waals surface area contributed by atoms with E-state index in [4.69, 9.17) is 16.9 Å². The van der Waals surface area contributed by atoms with Crippen molar-refractivity contribution in [1.29, 1.82) is 5.26 Å². The van der Waals surface area contributed by atoms with Crippen molar-refractivity contribution in [2.75, 3.05) is 0 Å². The number of alkyl halides is 1. The van der Waals surface area contributed by atoms with Crippen LogP contribution in [0.5, 0.6) is 0 Å². The Labute approximate surface area is 80.3 Å². The molecule has 0 aromatic heterocycles. The first-order valence-electron chi connectivity index (χ1n) is 3.49. The molecule has 3 nitrogen and oxygen atoms in total. The molecule has 0 aliphatic carbocycles. The second kappa shape index (κ2) is 4.42. The number of hydrogen-bond donors (Lipinski definition) is 0. The summed E-state index contributed by atoms with van der Waals surface area (Å²) in [6.45, 7) is 0. The van der Waals surface area contributed by atoms with Crippen LogP contribution >= 0.6 is 11.6 Å². The van der Waals surface area contributed by atoms with Crippen molar-refractivity contribution in [1.82, 2.24) is 0 Å². The van der Waals surface area contributed by atoms with Gasteiger partial charge in [0, 0.05) is 0 Å². The molecule has 0 N–H and O–H groups in total. The summed E-state index contributed by atoms with van der Waals surface area (Å²) in [7, 11) is 0. The summed E-state index contributed by atoms with van der Waals surface area (Å²) in [5.41, 5.74) is 0.497. The van der Waals surface area contributed by atoms with Crippen LogP contribution in [0.4, 0.5) is 0 Å². The Morgan fingerprint density at radius 2 is 2.00 bits per heavy atom. The molecule has 1 aromatic rings. The first-order valence-corrected chi connectivity index (χ1v) is 3.92. The van der Waals surface area contributed by atoms with Gasteiger partial charge in [0.15, 0.2) is 5.50 Å². The molecule has 0 fully saturated rings. The standard InChI is InChI=1S/C9H5ClN2O/c10-9(12-6-13)8-3-1-7(5-11)2-4-8/h1-4,9H/t9-/m1/s1. The lowest BCUT2D eigenvalue weighted by molar-refractivity contribution is 0.562. The fourth-order valence-corrected chi connectivity index (χ4v) is 1.02. The summed E-state index contributed by atoms with van der Waals surface area (Å²) in [6, 6.07) is 8.51. The molecule has 0 aliphatic rings. The number of nitrogens with zero attached hydrogens (tertiary/aromatic N) is 2. The largest absolute Gasteiger partial charge is 0.236 e. The van der Waals surface area contributed by atoms with Gasteiger partial charge in [-0.25, -0.2) is 4.79 Å². The highest BCUT2D eigenvalue weighted by molar-refractivity contribution is 6.20. The van der Waals surface area contributed by atoms with Crippen molar-refractivity contribution in [3.05, 3.63) is 35.4 Å². The molecule has 1 atom stereocenters. The van der Waals surface area contributed by atoms with E-state index in [1.165, 1.54) is 6.08 Å². The molecule has 0 saturated carbocycles. The highest BCUT2D eigenvalue weighted by Crippen LogP contribution is 2.20. The van der Waals surface area contributed by atoms with E-state index >= 15 is 0 Å². The minimum Gasteiger partial charge on any atom is -0.211 e. The Morgan fingerprint density at radius 1 is 1.38 bits per heavy atom. The predicted octanol–water partition coefficient (Wildman–Crippen LogP) is 2.13. The van der Waals surface area contributed by atoms with Crippen LogP contribution in [0.1, 0.15) is 16.6 Å². The number of nitriles is 1. The Kier molecular flexibility index (Phi) is 3.22. The van der Waals surface area contributed by atoms with E-state index in [1.807, 2.05) is 6.07 Å². The molecule has 13 heavy (non-hydrogen) atoms. The number of isocyanates is 1. The van der Waals surface area contributed by atoms with E-state index in [0.29, 0.717) is 11.1 Å². The van der Waals surface area contributed by atoms with E-state index in [2.05, 4.69) is 4.99 Å². The van der Waals surface area contributed by atoms with Gasteiger partial charge in [-0.1, -0.05) is 23.7 Å². The van der Waals surface area contributed by atoms with Crippen LogP contribution < -0.4 is 0 Å². The van der Waals surface area contributed by atoms with Crippen LogP contribution in [-0.4, -0.2) is 6.08 Å². The molecule has 0 aliphatic heterocycles. The fourth-order valence-electron chi connectivity index (χ4n) is 0.837. The molecule has 0 unspecified atom stereocenters. The SMILES string of the molecule is N#Cc1ccc([C@H](Cl)N=C=O)cc1. The molecular formula is C9H5ClN2O. The monoisotopic (exact) mass is 192 g/mol.